The lowest BCUT2D eigenvalue weighted by molar-refractivity contribution is -0.138. The number of imide groups is 1. The van der Waals surface area contributed by atoms with Gasteiger partial charge in [-0.3, -0.25) is 48.4 Å². The van der Waals surface area contributed by atoms with E-state index in [4.69, 9.17) is 14.5 Å². The van der Waals surface area contributed by atoms with E-state index in [1.165, 1.54) is 28.9 Å². The fourth-order valence-electron chi connectivity index (χ4n) is 10.3. The Morgan fingerprint density at radius 3 is 2.30 bits per heavy atom. The maximum Gasteiger partial charge on any atom is 0.416 e. The third-order valence-electron chi connectivity index (χ3n) is 14.9. The summed E-state index contributed by atoms with van der Waals surface area (Å²) >= 11 is 0. The molecule has 6 heterocycles. The van der Waals surface area contributed by atoms with Gasteiger partial charge in [0.1, 0.15) is 42.5 Å². The second-order valence-electron chi connectivity index (χ2n) is 21.4. The van der Waals surface area contributed by atoms with Crippen LogP contribution in [0.3, 0.4) is 0 Å². The number of aromatic nitrogens is 4. The first-order valence-corrected chi connectivity index (χ1v) is 26.8. The van der Waals surface area contributed by atoms with E-state index in [1.54, 1.807) is 81.2 Å². The molecule has 79 heavy (non-hydrogen) atoms. The summed E-state index contributed by atoms with van der Waals surface area (Å²) in [4.78, 5) is 102. The minimum Gasteiger partial charge on any atom is -0.444 e. The number of fused-ring (bicyclic) bond motifs is 1. The smallest absolute Gasteiger partial charge is 0.416 e. The van der Waals surface area contributed by atoms with Crippen LogP contribution in [0.1, 0.15) is 117 Å². The SMILES string of the molecule is CCN(C(=O)OCc1ccc(NC(=O)[C@H](C)NC(=O)[C@@H](NC(=O)CCCCCN2C(=O)C=CC2=O)C(C)C)cc1)c1cc(C2(Cc3nncn3C)COC2)cc(N2Cc3c(cc(CN4CCC[C@H](C)C4)cc3C(F)(F)F)C2=O)n1. The van der Waals surface area contributed by atoms with E-state index in [0.29, 0.717) is 59.8 Å². The van der Waals surface area contributed by atoms with Crippen LogP contribution in [0.25, 0.3) is 0 Å². The topological polar surface area (TPSA) is 231 Å². The lowest BCUT2D eigenvalue weighted by atomic mass is 9.75. The highest BCUT2D eigenvalue weighted by molar-refractivity contribution is 6.13. The summed E-state index contributed by atoms with van der Waals surface area (Å²) in [5.74, 6) is -1.88. The number of hydrogen-bond donors (Lipinski definition) is 3. The Morgan fingerprint density at radius 2 is 1.67 bits per heavy atom. The van der Waals surface area contributed by atoms with Gasteiger partial charge in [0.2, 0.25) is 17.7 Å². The highest BCUT2D eigenvalue weighted by atomic mass is 19.4. The standard InChI is InChI=1S/C56H68F3N11O9/c1-7-68(54(77)79-30-37-14-16-40(17-15-37)62-51(74)36(5)61-52(75)50(34(2)3)64-47(71)13-9-8-10-21-69-48(72)18-19-49(69)73)44-24-39(55(31-78-32-55)26-46-65-60-33-66(46)6)25-45(63-44)70-29-42-41(53(70)76)22-38(23-43(42)56(57,58)59)28-67-20-11-12-35(4)27-67/h14-19,22-25,33-36,50H,7-13,20-21,26-32H2,1-6H3,(H,61,75)(H,62,74)(H,64,71)/t35-,36-,50-/m0/s1. The Bertz CT molecular complexity index is 2960. The van der Waals surface area contributed by atoms with Crippen LogP contribution in [0.5, 0.6) is 0 Å². The van der Waals surface area contributed by atoms with Crippen LogP contribution >= 0.6 is 0 Å². The van der Waals surface area contributed by atoms with Gasteiger partial charge in [0.15, 0.2) is 0 Å². The van der Waals surface area contributed by atoms with Gasteiger partial charge in [0.05, 0.1) is 25.3 Å². The quantitative estimate of drug-likeness (QED) is 0.0575. The number of ether oxygens (including phenoxy) is 2. The number of anilines is 3. The van der Waals surface area contributed by atoms with Crippen molar-refractivity contribution in [2.24, 2.45) is 18.9 Å². The number of nitrogens with zero attached hydrogens (tertiary/aromatic N) is 8. The first kappa shape index (κ1) is 57.6. The molecule has 2 aromatic carbocycles. The zero-order valence-electron chi connectivity index (χ0n) is 45.4. The summed E-state index contributed by atoms with van der Waals surface area (Å²) in [5, 5.41) is 16.5. The van der Waals surface area contributed by atoms with Gasteiger partial charge in [0, 0.05) is 74.9 Å². The predicted molar refractivity (Wildman–Crippen MR) is 284 cm³/mol. The number of carbonyl (C=O) groups is 7. The highest BCUT2D eigenvalue weighted by Crippen LogP contribution is 2.43. The Balaban J connectivity index is 0.914. The molecule has 8 rings (SSSR count). The third-order valence-corrected chi connectivity index (χ3v) is 14.9. The van der Waals surface area contributed by atoms with Crippen LogP contribution in [0.15, 0.2) is 67.0 Å². The largest absolute Gasteiger partial charge is 0.444 e. The number of piperidine rings is 1. The van der Waals surface area contributed by atoms with E-state index in [2.05, 4.69) is 38.0 Å². The lowest BCUT2D eigenvalue weighted by Crippen LogP contribution is -2.53. The van der Waals surface area contributed by atoms with E-state index >= 15 is 0 Å². The van der Waals surface area contributed by atoms with Gasteiger partial charge in [-0.2, -0.15) is 13.2 Å². The number of pyridine rings is 1. The highest BCUT2D eigenvalue weighted by Gasteiger charge is 2.45. The molecule has 0 bridgehead atoms. The van der Waals surface area contributed by atoms with E-state index in [1.807, 2.05) is 0 Å². The monoisotopic (exact) mass is 1100 g/mol. The summed E-state index contributed by atoms with van der Waals surface area (Å²) in [6, 6.07) is 10.7. The molecule has 23 heteroatoms. The van der Waals surface area contributed by atoms with Crippen molar-refractivity contribution in [2.75, 3.05) is 54.5 Å². The number of amides is 7. The van der Waals surface area contributed by atoms with Crippen LogP contribution < -0.4 is 25.8 Å². The lowest BCUT2D eigenvalue weighted by Gasteiger charge is -2.42. The molecule has 0 saturated carbocycles. The Kier molecular flexibility index (Phi) is 18.0. The van der Waals surface area contributed by atoms with E-state index < -0.39 is 59.6 Å². The van der Waals surface area contributed by atoms with E-state index in [0.717, 1.165) is 36.9 Å². The van der Waals surface area contributed by atoms with Crippen LogP contribution in [0, 0.1) is 11.8 Å². The molecule has 0 aliphatic carbocycles. The van der Waals surface area contributed by atoms with Crippen molar-refractivity contribution in [3.05, 3.63) is 106 Å². The predicted octanol–water partition coefficient (Wildman–Crippen LogP) is 6.36. The Morgan fingerprint density at radius 1 is 0.937 bits per heavy atom. The van der Waals surface area contributed by atoms with Gasteiger partial charge >= 0.3 is 12.3 Å². The number of unbranched alkanes of at least 4 members (excludes halogenated alkanes) is 2. The first-order valence-electron chi connectivity index (χ1n) is 26.8. The zero-order chi connectivity index (χ0) is 56.8. The van der Waals surface area contributed by atoms with Crippen LogP contribution in [-0.2, 0) is 78.2 Å². The van der Waals surface area contributed by atoms with Gasteiger partial charge in [0.25, 0.3) is 17.7 Å². The Labute approximate surface area is 456 Å². The molecule has 4 aliphatic heterocycles. The molecule has 0 radical (unpaired) electrons. The maximum atomic E-state index is 14.9. The number of rotatable bonds is 22. The molecule has 7 amide bonds. The van der Waals surface area contributed by atoms with Gasteiger partial charge in [-0.25, -0.2) is 9.78 Å². The summed E-state index contributed by atoms with van der Waals surface area (Å²) in [6.45, 7) is 10.8. The van der Waals surface area contributed by atoms with Crippen LogP contribution in [0.2, 0.25) is 0 Å². The van der Waals surface area contributed by atoms with Gasteiger partial charge in [-0.15, -0.1) is 10.2 Å². The molecule has 3 N–H and O–H groups in total. The fraction of sp³-hybridized carbons (Fsp3) is 0.500. The third kappa shape index (κ3) is 13.7. The van der Waals surface area contributed by atoms with Gasteiger partial charge < -0.3 is 30.0 Å². The summed E-state index contributed by atoms with van der Waals surface area (Å²) in [6.07, 6.45) is 2.56. The molecule has 3 atom stereocenters. The van der Waals surface area contributed by atoms with E-state index in [-0.39, 0.29) is 92.3 Å². The van der Waals surface area contributed by atoms with Crippen molar-refractivity contribution in [3.8, 4) is 0 Å². The van der Waals surface area contributed by atoms with Crippen molar-refractivity contribution in [1.29, 1.82) is 0 Å². The number of nitrogens with one attached hydrogen (secondary N) is 3. The van der Waals surface area contributed by atoms with E-state index in [9.17, 15) is 46.7 Å². The number of benzene rings is 2. The molecule has 20 nitrogen and oxygen atoms in total. The molecule has 4 aromatic rings. The van der Waals surface area contributed by atoms with Gasteiger partial charge in [-0.05, 0) is 117 Å². The Hall–Kier alpha value is -7.53. The molecule has 2 aromatic heterocycles. The normalized spacial score (nSPS) is 17.8. The van der Waals surface area contributed by atoms with Crippen molar-refractivity contribution < 1.29 is 56.2 Å². The minimum absolute atomic E-state index is 0.0467. The molecule has 0 spiro atoms. The summed E-state index contributed by atoms with van der Waals surface area (Å²) in [5.41, 5.74) is 0.179. The number of aryl methyl sites for hydroxylation is 1. The molecule has 2 fully saturated rings. The van der Waals surface area contributed by atoms with Crippen molar-refractivity contribution >= 4 is 58.9 Å². The average Bonchev–Trinajstić information content (AvgIpc) is 4.31. The fourth-order valence-corrected chi connectivity index (χ4v) is 10.3. The summed E-state index contributed by atoms with van der Waals surface area (Å²) in [7, 11) is 1.81. The minimum atomic E-state index is -4.74. The second-order valence-corrected chi connectivity index (χ2v) is 21.4. The second kappa shape index (κ2) is 24.6. The maximum absolute atomic E-state index is 14.9. The van der Waals surface area contributed by atoms with Crippen molar-refractivity contribution in [2.45, 2.75) is 123 Å². The number of likely N-dealkylation sites (tertiary alicyclic amines) is 1. The van der Waals surface area contributed by atoms with Crippen molar-refractivity contribution in [1.82, 2.24) is 40.2 Å². The van der Waals surface area contributed by atoms with Crippen LogP contribution in [-0.4, -0.2) is 123 Å². The molecule has 2 saturated heterocycles. The number of halogens is 3. The average molecular weight is 1100 g/mol. The molecular formula is C56H68F3N11O9. The molecule has 422 valence electrons. The number of alkyl halides is 3. The number of hydrogen-bond acceptors (Lipinski definition) is 13. The first-order chi connectivity index (χ1) is 37.6. The number of carbonyl (C=O) groups excluding carboxylic acids is 7. The van der Waals surface area contributed by atoms with Crippen molar-refractivity contribution in [3.63, 3.8) is 0 Å². The van der Waals surface area contributed by atoms with Gasteiger partial charge in [-0.1, -0.05) is 39.3 Å². The molecular weight excluding hydrogens is 1030 g/mol. The molecule has 0 unspecified atom stereocenters. The zero-order valence-corrected chi connectivity index (χ0v) is 45.4. The molecule has 4 aliphatic rings. The van der Waals surface area contributed by atoms with Crippen LogP contribution in [0.4, 0.5) is 35.3 Å². The summed E-state index contributed by atoms with van der Waals surface area (Å²) < 4.78 is 58.0.